The predicted octanol–water partition coefficient (Wildman–Crippen LogP) is 2.98. The van der Waals surface area contributed by atoms with Crippen molar-refractivity contribution < 1.29 is 9.53 Å². The SMILES string of the molecule is CCCCOc1ccc(C(=O)NC(=S)N2CCCC2)cc1. The van der Waals surface area contributed by atoms with E-state index < -0.39 is 0 Å². The van der Waals surface area contributed by atoms with Crippen LogP contribution in [0, 0.1) is 0 Å². The van der Waals surface area contributed by atoms with Gasteiger partial charge in [0.1, 0.15) is 5.75 Å². The fourth-order valence-electron chi connectivity index (χ4n) is 2.21. The smallest absolute Gasteiger partial charge is 0.257 e. The molecule has 4 nitrogen and oxygen atoms in total. The van der Waals surface area contributed by atoms with Gasteiger partial charge in [-0.25, -0.2) is 0 Å². The fourth-order valence-corrected chi connectivity index (χ4v) is 2.48. The molecule has 0 aliphatic carbocycles. The largest absolute Gasteiger partial charge is 0.494 e. The third-order valence-electron chi connectivity index (χ3n) is 3.50. The Morgan fingerprint density at radius 2 is 1.95 bits per heavy atom. The van der Waals surface area contributed by atoms with E-state index in [9.17, 15) is 4.79 Å². The number of carbonyl (C=O) groups excluding carboxylic acids is 1. The van der Waals surface area contributed by atoms with Crippen LogP contribution in [0.3, 0.4) is 0 Å². The average Bonchev–Trinajstić information content (AvgIpc) is 3.02. The van der Waals surface area contributed by atoms with E-state index in [0.29, 0.717) is 17.3 Å². The van der Waals surface area contributed by atoms with E-state index in [1.54, 1.807) is 12.1 Å². The Bertz CT molecular complexity index is 482. The van der Waals surface area contributed by atoms with Crippen LogP contribution in [0.2, 0.25) is 0 Å². The van der Waals surface area contributed by atoms with Crippen LogP contribution in [0.15, 0.2) is 24.3 Å². The van der Waals surface area contributed by atoms with Gasteiger partial charge in [-0.3, -0.25) is 10.1 Å². The fraction of sp³-hybridized carbons (Fsp3) is 0.500. The number of amides is 1. The minimum Gasteiger partial charge on any atom is -0.494 e. The summed E-state index contributed by atoms with van der Waals surface area (Å²) in [5, 5.41) is 3.32. The molecule has 1 fully saturated rings. The Labute approximate surface area is 131 Å². The predicted molar refractivity (Wildman–Crippen MR) is 87.7 cm³/mol. The molecule has 1 saturated heterocycles. The Morgan fingerprint density at radius 1 is 1.29 bits per heavy atom. The highest BCUT2D eigenvalue weighted by Crippen LogP contribution is 2.13. The van der Waals surface area contributed by atoms with Gasteiger partial charge in [0.15, 0.2) is 5.11 Å². The van der Waals surface area contributed by atoms with Crippen LogP contribution in [-0.4, -0.2) is 35.6 Å². The molecular weight excluding hydrogens is 284 g/mol. The van der Waals surface area contributed by atoms with Crippen LogP contribution >= 0.6 is 12.2 Å². The molecular formula is C16H22N2O2S. The highest BCUT2D eigenvalue weighted by molar-refractivity contribution is 7.80. The van der Waals surface area contributed by atoms with Gasteiger partial charge in [0.05, 0.1) is 6.61 Å². The van der Waals surface area contributed by atoms with Crippen molar-refractivity contribution in [3.8, 4) is 5.75 Å². The number of benzene rings is 1. The third kappa shape index (κ3) is 4.70. The van der Waals surface area contributed by atoms with Crippen molar-refractivity contribution in [3.05, 3.63) is 29.8 Å². The van der Waals surface area contributed by atoms with E-state index in [1.807, 2.05) is 17.0 Å². The van der Waals surface area contributed by atoms with Crippen LogP contribution in [0.4, 0.5) is 0 Å². The van der Waals surface area contributed by atoms with Gasteiger partial charge >= 0.3 is 0 Å². The molecule has 1 N–H and O–H groups in total. The lowest BCUT2D eigenvalue weighted by molar-refractivity contribution is 0.0974. The van der Waals surface area contributed by atoms with Gasteiger partial charge in [-0.2, -0.15) is 0 Å². The maximum atomic E-state index is 12.1. The lowest BCUT2D eigenvalue weighted by Gasteiger charge is -2.18. The maximum Gasteiger partial charge on any atom is 0.257 e. The molecule has 1 amide bonds. The highest BCUT2D eigenvalue weighted by atomic mass is 32.1. The Morgan fingerprint density at radius 3 is 2.57 bits per heavy atom. The number of carbonyl (C=O) groups is 1. The summed E-state index contributed by atoms with van der Waals surface area (Å²) in [5.41, 5.74) is 0.597. The molecule has 1 aliphatic rings. The summed E-state index contributed by atoms with van der Waals surface area (Å²) in [7, 11) is 0. The van der Waals surface area contributed by atoms with Gasteiger partial charge in [0.25, 0.3) is 5.91 Å². The number of hydrogen-bond donors (Lipinski definition) is 1. The number of thiocarbonyl (C=S) groups is 1. The van der Waals surface area contributed by atoms with E-state index in [-0.39, 0.29) is 5.91 Å². The molecule has 0 bridgehead atoms. The Kier molecular flexibility index (Phi) is 5.99. The van der Waals surface area contributed by atoms with Crippen molar-refractivity contribution in [1.29, 1.82) is 0 Å². The van der Waals surface area contributed by atoms with Crippen LogP contribution < -0.4 is 10.1 Å². The zero-order valence-corrected chi connectivity index (χ0v) is 13.2. The summed E-state index contributed by atoms with van der Waals surface area (Å²) in [5.74, 6) is 0.633. The maximum absolute atomic E-state index is 12.1. The lowest BCUT2D eigenvalue weighted by Crippen LogP contribution is -2.41. The van der Waals surface area contributed by atoms with Crippen LogP contribution in [0.25, 0.3) is 0 Å². The molecule has 0 atom stereocenters. The van der Waals surface area contributed by atoms with Crippen LogP contribution in [0.1, 0.15) is 43.0 Å². The van der Waals surface area contributed by atoms with E-state index in [0.717, 1.165) is 44.5 Å². The molecule has 1 heterocycles. The quantitative estimate of drug-likeness (QED) is 0.671. The van der Waals surface area contributed by atoms with Crippen molar-refractivity contribution in [2.75, 3.05) is 19.7 Å². The van der Waals surface area contributed by atoms with Crippen molar-refractivity contribution in [3.63, 3.8) is 0 Å². The number of unbranched alkanes of at least 4 members (excludes halogenated alkanes) is 1. The summed E-state index contributed by atoms with van der Waals surface area (Å²) in [6.45, 7) is 4.70. The van der Waals surface area contributed by atoms with E-state index in [4.69, 9.17) is 17.0 Å². The molecule has 0 saturated carbocycles. The molecule has 114 valence electrons. The van der Waals surface area contributed by atoms with Gasteiger partial charge in [0.2, 0.25) is 0 Å². The van der Waals surface area contributed by atoms with E-state index >= 15 is 0 Å². The van der Waals surface area contributed by atoms with Gasteiger partial charge < -0.3 is 9.64 Å². The molecule has 0 unspecified atom stereocenters. The average molecular weight is 306 g/mol. The highest BCUT2D eigenvalue weighted by Gasteiger charge is 2.17. The summed E-state index contributed by atoms with van der Waals surface area (Å²) >= 11 is 5.26. The first-order valence-electron chi connectivity index (χ1n) is 7.54. The van der Waals surface area contributed by atoms with Crippen molar-refractivity contribution in [2.45, 2.75) is 32.6 Å². The zero-order valence-electron chi connectivity index (χ0n) is 12.4. The molecule has 0 spiro atoms. The second-order valence-electron chi connectivity index (χ2n) is 5.18. The number of rotatable bonds is 5. The van der Waals surface area contributed by atoms with E-state index in [2.05, 4.69) is 12.2 Å². The van der Waals surface area contributed by atoms with Crippen molar-refractivity contribution in [2.24, 2.45) is 0 Å². The number of nitrogens with one attached hydrogen (secondary N) is 1. The molecule has 1 aliphatic heterocycles. The first-order valence-corrected chi connectivity index (χ1v) is 7.94. The summed E-state index contributed by atoms with van der Waals surface area (Å²) in [4.78, 5) is 14.2. The first kappa shape index (κ1) is 15.8. The van der Waals surface area contributed by atoms with E-state index in [1.165, 1.54) is 0 Å². The minimum absolute atomic E-state index is 0.160. The summed E-state index contributed by atoms with van der Waals surface area (Å²) < 4.78 is 5.58. The first-order chi connectivity index (χ1) is 10.2. The Hall–Kier alpha value is -1.62. The molecule has 2 rings (SSSR count). The number of ether oxygens (including phenoxy) is 1. The topological polar surface area (TPSA) is 41.6 Å². The second kappa shape index (κ2) is 7.98. The zero-order chi connectivity index (χ0) is 15.1. The van der Waals surface area contributed by atoms with Gasteiger partial charge in [-0.15, -0.1) is 0 Å². The van der Waals surface area contributed by atoms with Crippen molar-refractivity contribution >= 4 is 23.2 Å². The molecule has 0 aromatic heterocycles. The molecule has 1 aromatic carbocycles. The van der Waals surface area contributed by atoms with Gasteiger partial charge in [-0.1, -0.05) is 13.3 Å². The Balaban J connectivity index is 1.85. The number of hydrogen-bond acceptors (Lipinski definition) is 3. The molecule has 5 heteroatoms. The number of likely N-dealkylation sites (tertiary alicyclic amines) is 1. The normalized spacial score (nSPS) is 14.0. The summed E-state index contributed by atoms with van der Waals surface area (Å²) in [6.07, 6.45) is 4.42. The molecule has 21 heavy (non-hydrogen) atoms. The standard InChI is InChI=1S/C16H22N2O2S/c1-2-3-12-20-14-8-6-13(7-9-14)15(19)17-16(21)18-10-4-5-11-18/h6-9H,2-5,10-12H2,1H3,(H,17,19,21). The monoisotopic (exact) mass is 306 g/mol. The van der Waals surface area contributed by atoms with Gasteiger partial charge in [-0.05, 0) is 55.7 Å². The van der Waals surface area contributed by atoms with Crippen molar-refractivity contribution in [1.82, 2.24) is 10.2 Å². The second-order valence-corrected chi connectivity index (χ2v) is 5.57. The van der Waals surface area contributed by atoms with Gasteiger partial charge in [0, 0.05) is 18.7 Å². The van der Waals surface area contributed by atoms with Crippen LogP contribution in [-0.2, 0) is 0 Å². The molecule has 1 aromatic rings. The third-order valence-corrected chi connectivity index (χ3v) is 3.86. The number of nitrogens with zero attached hydrogens (tertiary/aromatic N) is 1. The molecule has 0 radical (unpaired) electrons. The lowest BCUT2D eigenvalue weighted by atomic mass is 10.2. The minimum atomic E-state index is -0.160. The summed E-state index contributed by atoms with van der Waals surface area (Å²) in [6, 6.07) is 7.18. The van der Waals surface area contributed by atoms with Crippen LogP contribution in [0.5, 0.6) is 5.75 Å².